The number of hydrogen-bond acceptors (Lipinski definition) is 7. The first-order chi connectivity index (χ1) is 21.1. The second kappa shape index (κ2) is 7.85. The molecule has 8 heteroatoms. The first kappa shape index (κ1) is 28.1. The normalized spacial score (nSPS) is 50.2. The van der Waals surface area contributed by atoms with E-state index in [9.17, 15) is 5.11 Å². The minimum atomic E-state index is -1.13. The molecule has 2 aromatic rings. The van der Waals surface area contributed by atoms with Crippen molar-refractivity contribution in [2.45, 2.75) is 158 Å². The Kier molecular flexibility index (Phi) is 4.90. The van der Waals surface area contributed by atoms with E-state index in [4.69, 9.17) is 28.4 Å². The molecule has 6 heterocycles. The molecule has 1 aromatic heterocycles. The lowest BCUT2D eigenvalue weighted by atomic mass is 9.42. The molecule has 242 valence electrons. The van der Waals surface area contributed by atoms with Crippen LogP contribution in [0.4, 0.5) is 0 Å². The quantitative estimate of drug-likeness (QED) is 0.447. The van der Waals surface area contributed by atoms with Crippen LogP contribution in [0.15, 0.2) is 30.0 Å². The summed E-state index contributed by atoms with van der Waals surface area (Å²) in [5, 5.41) is 14.7. The van der Waals surface area contributed by atoms with Gasteiger partial charge in [0.05, 0.1) is 17.3 Å². The lowest BCUT2D eigenvalue weighted by molar-refractivity contribution is -0.332. The zero-order chi connectivity index (χ0) is 31.3. The van der Waals surface area contributed by atoms with E-state index < -0.39 is 28.5 Å². The van der Waals surface area contributed by atoms with Gasteiger partial charge < -0.3 is 38.5 Å². The van der Waals surface area contributed by atoms with Gasteiger partial charge in [-0.3, -0.25) is 0 Å². The van der Waals surface area contributed by atoms with Crippen LogP contribution in [0.25, 0.3) is 10.9 Å². The van der Waals surface area contributed by atoms with Crippen LogP contribution in [0, 0.1) is 11.3 Å². The smallest absolute Gasteiger partial charge is 0.188 e. The van der Waals surface area contributed by atoms with Crippen molar-refractivity contribution in [2.24, 2.45) is 11.3 Å². The number of ether oxygens (including phenoxy) is 6. The Morgan fingerprint density at radius 3 is 2.33 bits per heavy atom. The predicted octanol–water partition coefficient (Wildman–Crippen LogP) is 5.37. The van der Waals surface area contributed by atoms with E-state index in [0.29, 0.717) is 18.8 Å². The first-order valence-electron chi connectivity index (χ1n) is 17.2. The summed E-state index contributed by atoms with van der Waals surface area (Å²) in [6.45, 7) is 17.3. The highest BCUT2D eigenvalue weighted by atomic mass is 16.8. The number of nitrogens with one attached hydrogen (secondary N) is 1. The van der Waals surface area contributed by atoms with Gasteiger partial charge in [0.2, 0.25) is 0 Å². The van der Waals surface area contributed by atoms with Gasteiger partial charge >= 0.3 is 0 Å². The van der Waals surface area contributed by atoms with Crippen LogP contribution in [-0.4, -0.2) is 74.9 Å². The summed E-state index contributed by atoms with van der Waals surface area (Å²) in [6, 6.07) is 6.66. The Bertz CT molecular complexity index is 1710. The van der Waals surface area contributed by atoms with Gasteiger partial charge in [-0.25, -0.2) is 0 Å². The Labute approximate surface area is 265 Å². The van der Waals surface area contributed by atoms with Gasteiger partial charge in [-0.15, -0.1) is 0 Å². The van der Waals surface area contributed by atoms with Crippen LogP contribution >= 0.6 is 0 Å². The van der Waals surface area contributed by atoms with Crippen molar-refractivity contribution in [2.75, 3.05) is 0 Å². The van der Waals surface area contributed by atoms with Crippen LogP contribution in [0.5, 0.6) is 0 Å². The van der Waals surface area contributed by atoms with Crippen molar-refractivity contribution in [1.82, 2.24) is 4.98 Å². The van der Waals surface area contributed by atoms with Crippen LogP contribution in [-0.2, 0) is 46.7 Å². The highest BCUT2D eigenvalue weighted by Gasteiger charge is 2.86. The topological polar surface area (TPSA) is 101 Å². The molecule has 3 aliphatic carbocycles. The third kappa shape index (κ3) is 3.12. The third-order valence-corrected chi connectivity index (χ3v) is 14.2. The Morgan fingerprint density at radius 2 is 1.62 bits per heavy atom. The highest BCUT2D eigenvalue weighted by Crippen LogP contribution is 2.75. The van der Waals surface area contributed by atoms with E-state index in [1.807, 2.05) is 0 Å². The van der Waals surface area contributed by atoms with Crippen molar-refractivity contribution in [3.63, 3.8) is 0 Å². The fraction of sp³-hybridized carbons (Fsp3) is 0.730. The predicted molar refractivity (Wildman–Crippen MR) is 166 cm³/mol. The van der Waals surface area contributed by atoms with Crippen LogP contribution in [0.1, 0.15) is 91.5 Å². The summed E-state index contributed by atoms with van der Waals surface area (Å²) in [4.78, 5) is 3.93. The number of H-pyrrole nitrogens is 1. The first-order valence-corrected chi connectivity index (χ1v) is 17.2. The van der Waals surface area contributed by atoms with E-state index in [0.717, 1.165) is 25.0 Å². The van der Waals surface area contributed by atoms with Crippen molar-refractivity contribution >= 4 is 10.9 Å². The highest BCUT2D eigenvalue weighted by molar-refractivity contribution is 5.89. The molecular weight excluding hydrogens is 570 g/mol. The number of allylic oxidation sites excluding steroid dienone is 1. The Hall–Kier alpha value is -1.94. The van der Waals surface area contributed by atoms with Crippen molar-refractivity contribution in [3.05, 3.63) is 46.9 Å². The van der Waals surface area contributed by atoms with Gasteiger partial charge in [0.1, 0.15) is 35.3 Å². The molecule has 1 saturated carbocycles. The second-order valence-electron chi connectivity index (χ2n) is 17.5. The van der Waals surface area contributed by atoms with Gasteiger partial charge in [0.15, 0.2) is 18.0 Å². The number of epoxide rings is 3. The Morgan fingerprint density at radius 1 is 0.889 bits per heavy atom. The molecule has 5 aliphatic heterocycles. The van der Waals surface area contributed by atoms with E-state index >= 15 is 0 Å². The number of hydrogen-bond donors (Lipinski definition) is 2. The molecule has 11 atom stereocenters. The van der Waals surface area contributed by atoms with E-state index in [1.165, 1.54) is 27.7 Å². The lowest BCUT2D eigenvalue weighted by Crippen LogP contribution is -2.74. The van der Waals surface area contributed by atoms with Crippen molar-refractivity contribution < 1.29 is 33.5 Å². The largest absolute Gasteiger partial charge is 0.486 e. The summed E-state index contributed by atoms with van der Waals surface area (Å²) in [6.07, 6.45) is 5.07. The molecule has 1 spiro atoms. The van der Waals surface area contributed by atoms with E-state index in [1.54, 1.807) is 0 Å². The molecule has 8 nitrogen and oxygen atoms in total. The molecule has 6 fully saturated rings. The number of benzene rings is 1. The molecule has 5 saturated heterocycles. The average molecular weight is 618 g/mol. The number of rotatable bonds is 3. The van der Waals surface area contributed by atoms with Gasteiger partial charge in [-0.05, 0) is 96.4 Å². The van der Waals surface area contributed by atoms with Gasteiger partial charge in [-0.1, -0.05) is 26.0 Å². The van der Waals surface area contributed by atoms with Gasteiger partial charge in [0.25, 0.3) is 0 Å². The van der Waals surface area contributed by atoms with E-state index in [2.05, 4.69) is 84.6 Å². The fourth-order valence-electron chi connectivity index (χ4n) is 11.1. The molecule has 1 aromatic carbocycles. The lowest BCUT2D eigenvalue weighted by Gasteiger charge is -2.64. The molecule has 2 N–H and O–H groups in total. The zero-order valence-electron chi connectivity index (χ0n) is 27.8. The molecule has 0 radical (unpaired) electrons. The summed E-state index contributed by atoms with van der Waals surface area (Å²) in [5.74, 6) is 1.19. The standard InChI is InChI=1S/C37H47NO7/c1-31(2)23(42-31)16-18-10-9-11-21-24(18)20-17-19-12-15-36(39)34(7,35(19,8)26(20)38-21)14-13-22-37(36)28(44-37)25-27(40-22)32(3,4)45-30(41-25)29-33(5,6)43-29/h9-11,13,19,23,25,27-30,38-39H,12,14-17H2,1-8H3/t19-,23?,25?,27?,28?,29?,30?,34+,35+,36-,37?/m0/s1. The molecule has 0 amide bonds. The molecule has 7 unspecified atom stereocenters. The maximum Gasteiger partial charge on any atom is 0.188 e. The minimum absolute atomic E-state index is 0.0514. The Balaban J connectivity index is 1.05. The molecule has 10 rings (SSSR count). The average Bonchev–Trinajstić information content (AvgIpc) is 3.89. The maximum atomic E-state index is 13.3. The molecular formula is C37H47NO7. The van der Waals surface area contributed by atoms with Gasteiger partial charge in [0, 0.05) is 33.8 Å². The van der Waals surface area contributed by atoms with Crippen LogP contribution in [0.2, 0.25) is 0 Å². The SMILES string of the molecule is CC1(C)OC1Cc1cccc2[nH]c3c(c12)C[C@@H]1CC[C@@]2(O)C45OC4C4OC(C6OC6(C)C)OC(C)(C)C4OC5=CC[C@]2(C)[C@@]31C. The number of aromatic nitrogens is 1. The number of fused-ring (bicyclic) bond motifs is 9. The maximum absolute atomic E-state index is 13.3. The van der Waals surface area contributed by atoms with Crippen molar-refractivity contribution in [3.8, 4) is 0 Å². The number of aromatic amines is 1. The summed E-state index contributed by atoms with van der Waals surface area (Å²) in [5.41, 5.74) is 1.50. The van der Waals surface area contributed by atoms with E-state index in [-0.39, 0.29) is 47.1 Å². The monoisotopic (exact) mass is 617 g/mol. The van der Waals surface area contributed by atoms with Gasteiger partial charge in [-0.2, -0.15) is 0 Å². The van der Waals surface area contributed by atoms with Crippen molar-refractivity contribution in [1.29, 1.82) is 0 Å². The molecule has 8 aliphatic rings. The fourth-order valence-corrected chi connectivity index (χ4v) is 11.1. The third-order valence-electron chi connectivity index (χ3n) is 14.2. The van der Waals surface area contributed by atoms with Crippen LogP contribution < -0.4 is 0 Å². The zero-order valence-corrected chi connectivity index (χ0v) is 27.8. The second-order valence-corrected chi connectivity index (χ2v) is 17.5. The van der Waals surface area contributed by atoms with Crippen LogP contribution in [0.3, 0.4) is 0 Å². The minimum Gasteiger partial charge on any atom is -0.486 e. The molecule has 0 bridgehead atoms. The summed E-state index contributed by atoms with van der Waals surface area (Å²) >= 11 is 0. The summed E-state index contributed by atoms with van der Waals surface area (Å²) in [7, 11) is 0. The molecule has 45 heavy (non-hydrogen) atoms. The summed E-state index contributed by atoms with van der Waals surface area (Å²) < 4.78 is 38.7. The number of aliphatic hydroxyl groups is 1.